The van der Waals surface area contributed by atoms with Crippen molar-refractivity contribution in [2.24, 2.45) is 11.8 Å². The summed E-state index contributed by atoms with van der Waals surface area (Å²) in [7, 11) is 0. The number of carbonyl (C=O) groups excluding carboxylic acids is 2. The molecule has 2 heterocycles. The van der Waals surface area contributed by atoms with Crippen molar-refractivity contribution in [2.75, 3.05) is 0 Å². The summed E-state index contributed by atoms with van der Waals surface area (Å²) in [5.74, 6) is -3.48. The molecule has 3 fully saturated rings. The van der Waals surface area contributed by atoms with Gasteiger partial charge in [0, 0.05) is 0 Å². The largest absolute Gasteiger partial charge is 0.454 e. The number of Topliss-reactive ketones (excluding diaryl/α,β-unsaturated/α-hetero) is 2. The maximum atomic E-state index is 13.9. The molecule has 0 radical (unpaired) electrons. The van der Waals surface area contributed by atoms with Gasteiger partial charge in [-0.1, -0.05) is 6.07 Å². The van der Waals surface area contributed by atoms with E-state index >= 15 is 0 Å². The van der Waals surface area contributed by atoms with Crippen LogP contribution in [0.15, 0.2) is 30.3 Å². The lowest BCUT2D eigenvalue weighted by Crippen LogP contribution is -2.29. The molecule has 6 heteroatoms. The normalized spacial score (nSPS) is 30.1. The number of rotatable bonds is 3. The Kier molecular flexibility index (Phi) is 4.10. The molecule has 5 rings (SSSR count). The fourth-order valence-electron chi connectivity index (χ4n) is 5.35. The number of benzene rings is 2. The number of hydrogen-bond donors (Lipinski definition) is 0. The van der Waals surface area contributed by atoms with Gasteiger partial charge in [0.1, 0.15) is 11.7 Å². The van der Waals surface area contributed by atoms with E-state index in [-0.39, 0.29) is 41.4 Å². The van der Waals surface area contributed by atoms with Crippen LogP contribution in [0.1, 0.15) is 35.4 Å². The monoisotopic (exact) mass is 398 g/mol. The van der Waals surface area contributed by atoms with Crippen LogP contribution >= 0.6 is 0 Å². The Bertz CT molecular complexity index is 996. The Hall–Kier alpha value is -2.60. The van der Waals surface area contributed by atoms with Gasteiger partial charge >= 0.3 is 0 Å². The summed E-state index contributed by atoms with van der Waals surface area (Å²) < 4.78 is 38.7. The molecule has 0 N–H and O–H groups in total. The zero-order chi connectivity index (χ0) is 20.4. The van der Waals surface area contributed by atoms with Crippen molar-refractivity contribution in [2.45, 2.75) is 44.8 Å². The first-order valence-corrected chi connectivity index (χ1v) is 9.82. The summed E-state index contributed by atoms with van der Waals surface area (Å²) >= 11 is 0. The highest BCUT2D eigenvalue weighted by Gasteiger charge is 2.63. The number of fused-ring (bicyclic) bond motifs is 5. The van der Waals surface area contributed by atoms with E-state index in [0.717, 1.165) is 30.0 Å². The van der Waals surface area contributed by atoms with Crippen molar-refractivity contribution < 1.29 is 27.8 Å². The first kappa shape index (κ1) is 18.4. The quantitative estimate of drug-likeness (QED) is 0.719. The number of aryl methyl sites for hydroxylation is 2. The molecule has 150 valence electrons. The summed E-state index contributed by atoms with van der Waals surface area (Å²) in [6.07, 6.45) is 1.40. The molecule has 4 nitrogen and oxygen atoms in total. The number of halogens is 2. The molecule has 2 saturated heterocycles. The van der Waals surface area contributed by atoms with Crippen LogP contribution in [0.2, 0.25) is 0 Å². The lowest BCUT2D eigenvalue weighted by atomic mass is 9.81. The third-order valence-electron chi connectivity index (χ3n) is 6.50. The maximum Gasteiger partial charge on any atom is 0.201 e. The number of ether oxygens (including phenoxy) is 2. The van der Waals surface area contributed by atoms with Crippen LogP contribution in [-0.2, 0) is 14.3 Å². The molecule has 29 heavy (non-hydrogen) atoms. The minimum absolute atomic E-state index is 0.0526. The van der Waals surface area contributed by atoms with Gasteiger partial charge in [-0.15, -0.1) is 0 Å². The minimum Gasteiger partial charge on any atom is -0.454 e. The molecule has 0 aromatic heterocycles. The van der Waals surface area contributed by atoms with Gasteiger partial charge in [-0.2, -0.15) is 4.39 Å². The van der Waals surface area contributed by atoms with Crippen molar-refractivity contribution in [1.29, 1.82) is 0 Å². The molecule has 3 aliphatic rings. The lowest BCUT2D eigenvalue weighted by molar-refractivity contribution is -0.127. The van der Waals surface area contributed by atoms with E-state index in [1.54, 1.807) is 26.0 Å². The Balaban J connectivity index is 1.49. The number of carbonyl (C=O) groups is 2. The minimum atomic E-state index is -1.06. The average Bonchev–Trinajstić information content (AvgIpc) is 3.34. The molecule has 1 unspecified atom stereocenters. The zero-order valence-corrected chi connectivity index (χ0v) is 16.1. The van der Waals surface area contributed by atoms with Gasteiger partial charge in [-0.05, 0) is 67.6 Å². The summed E-state index contributed by atoms with van der Waals surface area (Å²) in [6, 6.07) is 7.05. The highest BCUT2D eigenvalue weighted by molar-refractivity contribution is 6.17. The molecule has 2 aromatic carbocycles. The third kappa shape index (κ3) is 2.65. The summed E-state index contributed by atoms with van der Waals surface area (Å²) in [4.78, 5) is 26.3. The van der Waals surface area contributed by atoms with Crippen LogP contribution in [0, 0.1) is 37.3 Å². The molecule has 0 spiro atoms. The topological polar surface area (TPSA) is 52.6 Å². The van der Waals surface area contributed by atoms with E-state index in [2.05, 4.69) is 0 Å². The molecule has 0 amide bonds. The Morgan fingerprint density at radius 3 is 2.14 bits per heavy atom. The maximum absolute atomic E-state index is 13.9. The molecule has 2 aliphatic heterocycles. The Labute approximate surface area is 166 Å². The van der Waals surface area contributed by atoms with Gasteiger partial charge in [-0.25, -0.2) is 4.39 Å². The molecule has 1 aliphatic carbocycles. The van der Waals surface area contributed by atoms with E-state index in [1.807, 2.05) is 0 Å². The van der Waals surface area contributed by atoms with Gasteiger partial charge < -0.3 is 9.47 Å². The van der Waals surface area contributed by atoms with Crippen molar-refractivity contribution in [3.8, 4) is 11.5 Å². The fourth-order valence-corrected chi connectivity index (χ4v) is 5.35. The summed E-state index contributed by atoms with van der Waals surface area (Å²) in [5, 5.41) is 0. The average molecular weight is 398 g/mol. The first-order valence-electron chi connectivity index (χ1n) is 9.82. The highest BCUT2D eigenvalue weighted by atomic mass is 19.2. The molecule has 2 aromatic rings. The molecule has 2 bridgehead atoms. The fraction of sp³-hybridized carbons (Fsp3) is 0.391. The summed E-state index contributed by atoms with van der Waals surface area (Å²) in [6.45, 7) is 3.60. The standard InChI is InChI=1S/C23H20F2O4/c1-10-8-12(28-16-5-3-4-13(24)21(16)25)9-11(2)17(10)20-22(26)18-14-6-7-15(29-14)19(18)23(20)27/h3-5,8-9,14-15,18-20H,6-7H2,1-2H3/t14-,15+,18-,19+,20?. The van der Waals surface area contributed by atoms with Crippen molar-refractivity contribution in [1.82, 2.24) is 0 Å². The Morgan fingerprint density at radius 1 is 0.966 bits per heavy atom. The van der Waals surface area contributed by atoms with Gasteiger partial charge in [0.05, 0.1) is 24.0 Å². The molecular formula is C23H20F2O4. The van der Waals surface area contributed by atoms with Crippen LogP contribution < -0.4 is 4.74 Å². The van der Waals surface area contributed by atoms with Crippen LogP contribution in [0.4, 0.5) is 8.78 Å². The second kappa shape index (κ2) is 6.46. The third-order valence-corrected chi connectivity index (χ3v) is 6.50. The smallest absolute Gasteiger partial charge is 0.201 e. The van der Waals surface area contributed by atoms with E-state index in [9.17, 15) is 18.4 Å². The van der Waals surface area contributed by atoms with Crippen LogP contribution in [0.25, 0.3) is 0 Å². The van der Waals surface area contributed by atoms with Crippen LogP contribution in [0.5, 0.6) is 11.5 Å². The molecular weight excluding hydrogens is 378 g/mol. The van der Waals surface area contributed by atoms with E-state index in [1.165, 1.54) is 12.1 Å². The lowest BCUT2D eigenvalue weighted by Gasteiger charge is -2.19. The number of hydrogen-bond acceptors (Lipinski definition) is 4. The first-order chi connectivity index (χ1) is 13.9. The number of ketones is 2. The van der Waals surface area contributed by atoms with Crippen molar-refractivity contribution in [3.05, 3.63) is 58.7 Å². The predicted octanol–water partition coefficient (Wildman–Crippen LogP) is 4.40. The van der Waals surface area contributed by atoms with Gasteiger partial charge in [0.15, 0.2) is 23.1 Å². The molecule has 5 atom stereocenters. The van der Waals surface area contributed by atoms with Gasteiger partial charge in [0.2, 0.25) is 5.82 Å². The molecule has 1 saturated carbocycles. The van der Waals surface area contributed by atoms with Crippen LogP contribution in [-0.4, -0.2) is 23.8 Å². The van der Waals surface area contributed by atoms with Crippen molar-refractivity contribution >= 4 is 11.6 Å². The van der Waals surface area contributed by atoms with Crippen LogP contribution in [0.3, 0.4) is 0 Å². The second-order valence-electron chi connectivity index (χ2n) is 8.20. The Morgan fingerprint density at radius 2 is 1.55 bits per heavy atom. The highest BCUT2D eigenvalue weighted by Crippen LogP contribution is 2.53. The van der Waals surface area contributed by atoms with Crippen molar-refractivity contribution in [3.63, 3.8) is 0 Å². The van der Waals surface area contributed by atoms with Gasteiger partial charge in [0.25, 0.3) is 0 Å². The second-order valence-corrected chi connectivity index (χ2v) is 8.20. The van der Waals surface area contributed by atoms with E-state index in [0.29, 0.717) is 11.3 Å². The SMILES string of the molecule is Cc1cc(Oc2cccc(F)c2F)cc(C)c1C1C(=O)[C@@H]2[C@H](C1=O)[C@H]1CC[C@@H]2O1. The van der Waals surface area contributed by atoms with Gasteiger partial charge in [-0.3, -0.25) is 9.59 Å². The van der Waals surface area contributed by atoms with E-state index < -0.39 is 17.6 Å². The zero-order valence-electron chi connectivity index (χ0n) is 16.1. The summed E-state index contributed by atoms with van der Waals surface area (Å²) in [5.41, 5.74) is 2.13. The predicted molar refractivity (Wildman–Crippen MR) is 100.0 cm³/mol. The van der Waals surface area contributed by atoms with E-state index in [4.69, 9.17) is 9.47 Å².